The van der Waals surface area contributed by atoms with Gasteiger partial charge in [-0.15, -0.1) is 0 Å². The average molecular weight is 290 g/mol. The maximum Gasteiger partial charge on any atom is 0.223 e. The Labute approximate surface area is 126 Å². The summed E-state index contributed by atoms with van der Waals surface area (Å²) in [6.45, 7) is 7.29. The van der Waals surface area contributed by atoms with E-state index in [0.717, 1.165) is 31.7 Å². The van der Waals surface area contributed by atoms with Crippen LogP contribution in [-0.2, 0) is 11.8 Å². The minimum absolute atomic E-state index is 0.123. The highest BCUT2D eigenvalue weighted by Crippen LogP contribution is 2.41. The Morgan fingerprint density at radius 3 is 2.67 bits per heavy atom. The van der Waals surface area contributed by atoms with Crippen LogP contribution in [0.3, 0.4) is 0 Å². The van der Waals surface area contributed by atoms with Crippen LogP contribution in [0.1, 0.15) is 49.9 Å². The van der Waals surface area contributed by atoms with Crippen LogP contribution in [0, 0.1) is 12.3 Å². The molecule has 0 aliphatic carbocycles. The number of nitrogens with one attached hydrogen (secondary N) is 1. The van der Waals surface area contributed by atoms with Crippen LogP contribution in [-0.4, -0.2) is 40.2 Å². The van der Waals surface area contributed by atoms with Crippen LogP contribution < -0.4 is 5.32 Å². The third kappa shape index (κ3) is 2.59. The van der Waals surface area contributed by atoms with Gasteiger partial charge in [0.25, 0.3) is 0 Å². The second kappa shape index (κ2) is 5.44. The molecule has 5 heteroatoms. The molecule has 2 saturated heterocycles. The molecule has 3 heterocycles. The van der Waals surface area contributed by atoms with Crippen molar-refractivity contribution in [2.75, 3.05) is 19.6 Å². The van der Waals surface area contributed by atoms with E-state index in [-0.39, 0.29) is 6.04 Å². The molecule has 1 spiro atoms. The monoisotopic (exact) mass is 290 g/mol. The summed E-state index contributed by atoms with van der Waals surface area (Å²) in [6, 6.07) is 0.123. The molecule has 1 N–H and O–H groups in total. The van der Waals surface area contributed by atoms with Crippen molar-refractivity contribution in [3.05, 3.63) is 17.5 Å². The number of carbonyl (C=O) groups is 1. The van der Waals surface area contributed by atoms with E-state index < -0.39 is 0 Å². The number of amides is 1. The lowest BCUT2D eigenvalue weighted by molar-refractivity contribution is -0.141. The molecule has 0 saturated carbocycles. The fraction of sp³-hybridized carbons (Fsp3) is 0.750. The minimum Gasteiger partial charge on any atom is -0.335 e. The third-order valence-electron chi connectivity index (χ3n) is 5.55. The summed E-state index contributed by atoms with van der Waals surface area (Å²) in [5.41, 5.74) is 2.67. The highest BCUT2D eigenvalue weighted by molar-refractivity contribution is 5.77. The maximum absolute atomic E-state index is 12.4. The van der Waals surface area contributed by atoms with E-state index in [9.17, 15) is 4.79 Å². The predicted octanol–water partition coefficient (Wildman–Crippen LogP) is 1.78. The molecule has 0 aromatic carbocycles. The van der Waals surface area contributed by atoms with Crippen LogP contribution in [0.4, 0.5) is 0 Å². The van der Waals surface area contributed by atoms with E-state index in [1.807, 2.05) is 17.9 Å². The molecule has 1 atom stereocenters. The number of likely N-dealkylation sites (tertiary alicyclic amines) is 1. The van der Waals surface area contributed by atoms with Crippen molar-refractivity contribution in [2.45, 2.75) is 45.6 Å². The number of aryl methyl sites for hydroxylation is 1. The third-order valence-corrected chi connectivity index (χ3v) is 5.55. The molecule has 2 aliphatic rings. The first-order valence-electron chi connectivity index (χ1n) is 8.01. The van der Waals surface area contributed by atoms with Crippen LogP contribution in [0.25, 0.3) is 0 Å². The quantitative estimate of drug-likeness (QED) is 0.903. The zero-order valence-electron chi connectivity index (χ0n) is 13.4. The van der Waals surface area contributed by atoms with Gasteiger partial charge in [0.15, 0.2) is 0 Å². The molecule has 2 fully saturated rings. The SMILES string of the molecule is Cc1c(C(C)N2CC3(CCNCC3)CCC2=O)cnn1C. The summed E-state index contributed by atoms with van der Waals surface area (Å²) in [4.78, 5) is 14.5. The van der Waals surface area contributed by atoms with Crippen molar-refractivity contribution in [3.8, 4) is 0 Å². The number of nitrogens with zero attached hydrogens (tertiary/aromatic N) is 3. The summed E-state index contributed by atoms with van der Waals surface area (Å²) < 4.78 is 1.89. The Morgan fingerprint density at radius 2 is 2.05 bits per heavy atom. The lowest BCUT2D eigenvalue weighted by atomic mass is 9.72. The van der Waals surface area contributed by atoms with Gasteiger partial charge in [-0.05, 0) is 51.6 Å². The van der Waals surface area contributed by atoms with Crippen LogP contribution in [0.2, 0.25) is 0 Å². The molecule has 3 rings (SSSR count). The Hall–Kier alpha value is -1.36. The second-order valence-corrected chi connectivity index (χ2v) is 6.76. The van der Waals surface area contributed by atoms with E-state index in [1.54, 1.807) is 0 Å². The second-order valence-electron chi connectivity index (χ2n) is 6.76. The molecule has 1 unspecified atom stereocenters. The van der Waals surface area contributed by atoms with Crippen molar-refractivity contribution < 1.29 is 4.79 Å². The first kappa shape index (κ1) is 14.6. The fourth-order valence-electron chi connectivity index (χ4n) is 3.86. The smallest absolute Gasteiger partial charge is 0.223 e. The molecule has 0 bridgehead atoms. The lowest BCUT2D eigenvalue weighted by Gasteiger charge is -2.47. The predicted molar refractivity (Wildman–Crippen MR) is 81.8 cm³/mol. The largest absolute Gasteiger partial charge is 0.335 e. The van der Waals surface area contributed by atoms with Crippen LogP contribution in [0.15, 0.2) is 6.20 Å². The normalized spacial score (nSPS) is 23.6. The molecular formula is C16H26N4O. The van der Waals surface area contributed by atoms with Gasteiger partial charge >= 0.3 is 0 Å². The van der Waals surface area contributed by atoms with Gasteiger partial charge in [-0.25, -0.2) is 0 Å². The van der Waals surface area contributed by atoms with Crippen molar-refractivity contribution in [1.82, 2.24) is 20.0 Å². The topological polar surface area (TPSA) is 50.2 Å². The Balaban J connectivity index is 1.82. The average Bonchev–Trinajstić information content (AvgIpc) is 2.82. The zero-order valence-corrected chi connectivity index (χ0v) is 13.4. The Morgan fingerprint density at radius 1 is 1.33 bits per heavy atom. The molecule has 1 amide bonds. The highest BCUT2D eigenvalue weighted by atomic mass is 16.2. The van der Waals surface area contributed by atoms with Crippen molar-refractivity contribution in [3.63, 3.8) is 0 Å². The Kier molecular flexibility index (Phi) is 3.78. The number of piperidine rings is 2. The van der Waals surface area contributed by atoms with Crippen molar-refractivity contribution in [1.29, 1.82) is 0 Å². The molecular weight excluding hydrogens is 264 g/mol. The van der Waals surface area contributed by atoms with Gasteiger partial charge in [0, 0.05) is 31.3 Å². The molecule has 5 nitrogen and oxygen atoms in total. The molecule has 1 aromatic heterocycles. The van der Waals surface area contributed by atoms with Gasteiger partial charge in [-0.2, -0.15) is 5.10 Å². The van der Waals surface area contributed by atoms with Crippen molar-refractivity contribution in [2.24, 2.45) is 12.5 Å². The van der Waals surface area contributed by atoms with Crippen LogP contribution >= 0.6 is 0 Å². The number of rotatable bonds is 2. The van der Waals surface area contributed by atoms with Gasteiger partial charge in [0.1, 0.15) is 0 Å². The van der Waals surface area contributed by atoms with E-state index in [4.69, 9.17) is 0 Å². The number of hydrogen-bond donors (Lipinski definition) is 1. The number of hydrogen-bond acceptors (Lipinski definition) is 3. The standard InChI is InChI=1S/C16H26N4O/c1-12-14(10-18-19(12)3)13(2)20-11-16(5-4-15(20)21)6-8-17-9-7-16/h10,13,17H,4-9,11H2,1-3H3. The van der Waals surface area contributed by atoms with E-state index >= 15 is 0 Å². The summed E-state index contributed by atoms with van der Waals surface area (Å²) in [5, 5.41) is 7.77. The van der Waals surface area contributed by atoms with Gasteiger partial charge in [-0.3, -0.25) is 9.48 Å². The molecule has 1 aromatic rings. The number of aromatic nitrogens is 2. The first-order chi connectivity index (χ1) is 10.0. The molecule has 0 radical (unpaired) electrons. The van der Waals surface area contributed by atoms with Gasteiger partial charge in [0.05, 0.1) is 12.2 Å². The summed E-state index contributed by atoms with van der Waals surface area (Å²) in [7, 11) is 1.96. The van der Waals surface area contributed by atoms with Gasteiger partial charge < -0.3 is 10.2 Å². The fourth-order valence-corrected chi connectivity index (χ4v) is 3.86. The summed E-state index contributed by atoms with van der Waals surface area (Å²) in [6.07, 6.45) is 6.05. The molecule has 21 heavy (non-hydrogen) atoms. The summed E-state index contributed by atoms with van der Waals surface area (Å²) in [5.74, 6) is 0.301. The highest BCUT2D eigenvalue weighted by Gasteiger charge is 2.41. The maximum atomic E-state index is 12.4. The van der Waals surface area contributed by atoms with Crippen molar-refractivity contribution >= 4 is 5.91 Å². The van der Waals surface area contributed by atoms with Gasteiger partial charge in [0.2, 0.25) is 5.91 Å². The molecule has 2 aliphatic heterocycles. The van der Waals surface area contributed by atoms with E-state index in [2.05, 4.69) is 29.2 Å². The summed E-state index contributed by atoms with van der Waals surface area (Å²) >= 11 is 0. The van der Waals surface area contributed by atoms with Crippen LogP contribution in [0.5, 0.6) is 0 Å². The zero-order chi connectivity index (χ0) is 15.0. The van der Waals surface area contributed by atoms with E-state index in [0.29, 0.717) is 17.7 Å². The first-order valence-corrected chi connectivity index (χ1v) is 8.01. The number of carbonyl (C=O) groups excluding carboxylic acids is 1. The minimum atomic E-state index is 0.123. The molecule has 116 valence electrons. The lowest BCUT2D eigenvalue weighted by Crippen LogP contribution is -2.51. The Bertz CT molecular complexity index is 530. The van der Waals surface area contributed by atoms with Gasteiger partial charge in [-0.1, -0.05) is 0 Å². The van der Waals surface area contributed by atoms with E-state index in [1.165, 1.54) is 18.4 Å².